The third-order valence-corrected chi connectivity index (χ3v) is 3.15. The lowest BCUT2D eigenvalue weighted by atomic mass is 10.2. The Bertz CT molecular complexity index is 393. The standard InChI is InChI=1S/C12H16ClFN2/c1-8(2)16-5-3-4-15-11-7-10(14)9(13)6-12(11)16/h6-8,15H,3-5H2,1-2H3. The maximum absolute atomic E-state index is 13.4. The molecule has 0 aliphatic carbocycles. The molecular weight excluding hydrogens is 227 g/mol. The molecule has 1 heterocycles. The first-order valence-electron chi connectivity index (χ1n) is 5.59. The summed E-state index contributed by atoms with van der Waals surface area (Å²) in [6.07, 6.45) is 1.05. The number of hydrogen-bond acceptors (Lipinski definition) is 2. The summed E-state index contributed by atoms with van der Waals surface area (Å²) < 4.78 is 13.4. The van der Waals surface area contributed by atoms with E-state index >= 15 is 0 Å². The minimum absolute atomic E-state index is 0.188. The smallest absolute Gasteiger partial charge is 0.143 e. The quantitative estimate of drug-likeness (QED) is 0.811. The number of halogens is 2. The molecule has 0 bridgehead atoms. The van der Waals surface area contributed by atoms with Crippen LogP contribution in [0.2, 0.25) is 5.02 Å². The first-order chi connectivity index (χ1) is 7.59. The summed E-state index contributed by atoms with van der Waals surface area (Å²) >= 11 is 5.84. The van der Waals surface area contributed by atoms with Gasteiger partial charge in [-0.25, -0.2) is 4.39 Å². The van der Waals surface area contributed by atoms with Gasteiger partial charge in [0.1, 0.15) is 5.82 Å². The van der Waals surface area contributed by atoms with Crippen LogP contribution in [0, 0.1) is 5.82 Å². The molecule has 1 aliphatic rings. The Morgan fingerprint density at radius 1 is 1.44 bits per heavy atom. The fourth-order valence-electron chi connectivity index (χ4n) is 2.04. The Balaban J connectivity index is 2.48. The summed E-state index contributed by atoms with van der Waals surface area (Å²) in [5.74, 6) is -0.362. The van der Waals surface area contributed by atoms with E-state index in [1.165, 1.54) is 6.07 Å². The second-order valence-electron chi connectivity index (χ2n) is 4.35. The molecule has 0 amide bonds. The van der Waals surface area contributed by atoms with Crippen LogP contribution in [-0.2, 0) is 0 Å². The number of rotatable bonds is 1. The molecule has 1 aliphatic heterocycles. The van der Waals surface area contributed by atoms with Crippen LogP contribution in [-0.4, -0.2) is 19.1 Å². The van der Waals surface area contributed by atoms with E-state index in [9.17, 15) is 4.39 Å². The number of nitrogens with one attached hydrogen (secondary N) is 1. The van der Waals surface area contributed by atoms with E-state index in [0.717, 1.165) is 30.9 Å². The van der Waals surface area contributed by atoms with E-state index in [0.29, 0.717) is 6.04 Å². The summed E-state index contributed by atoms with van der Waals surface area (Å²) in [5, 5.41) is 3.43. The highest BCUT2D eigenvalue weighted by molar-refractivity contribution is 6.31. The molecule has 0 saturated carbocycles. The van der Waals surface area contributed by atoms with Crippen LogP contribution in [0.1, 0.15) is 20.3 Å². The Morgan fingerprint density at radius 3 is 2.88 bits per heavy atom. The third-order valence-electron chi connectivity index (χ3n) is 2.86. The van der Waals surface area contributed by atoms with Crippen molar-refractivity contribution in [2.45, 2.75) is 26.3 Å². The van der Waals surface area contributed by atoms with Crippen LogP contribution < -0.4 is 10.2 Å². The predicted molar refractivity (Wildman–Crippen MR) is 67.0 cm³/mol. The lowest BCUT2D eigenvalue weighted by Gasteiger charge is -2.28. The van der Waals surface area contributed by atoms with Gasteiger partial charge in [-0.05, 0) is 26.3 Å². The van der Waals surface area contributed by atoms with E-state index in [4.69, 9.17) is 11.6 Å². The lowest BCUT2D eigenvalue weighted by Crippen LogP contribution is -2.31. The molecule has 2 nitrogen and oxygen atoms in total. The van der Waals surface area contributed by atoms with Gasteiger partial charge in [0.2, 0.25) is 0 Å². The predicted octanol–water partition coefficient (Wildman–Crippen LogP) is 3.51. The second kappa shape index (κ2) is 4.50. The average Bonchev–Trinajstić information content (AvgIpc) is 2.41. The minimum Gasteiger partial charge on any atom is -0.383 e. The molecule has 0 unspecified atom stereocenters. The van der Waals surface area contributed by atoms with Crippen LogP contribution in [0.25, 0.3) is 0 Å². The van der Waals surface area contributed by atoms with Gasteiger partial charge in [-0.3, -0.25) is 0 Å². The zero-order chi connectivity index (χ0) is 11.7. The molecule has 0 spiro atoms. The van der Waals surface area contributed by atoms with E-state index in [-0.39, 0.29) is 10.8 Å². The zero-order valence-corrected chi connectivity index (χ0v) is 10.3. The molecular formula is C12H16ClFN2. The van der Waals surface area contributed by atoms with Gasteiger partial charge in [-0.1, -0.05) is 11.6 Å². The van der Waals surface area contributed by atoms with Crippen LogP contribution >= 0.6 is 11.6 Å². The van der Waals surface area contributed by atoms with Gasteiger partial charge in [-0.2, -0.15) is 0 Å². The Morgan fingerprint density at radius 2 is 2.19 bits per heavy atom. The normalized spacial score (nSPS) is 15.7. The average molecular weight is 243 g/mol. The fourth-order valence-corrected chi connectivity index (χ4v) is 2.20. The molecule has 16 heavy (non-hydrogen) atoms. The Labute approximate surface area is 100 Å². The number of nitrogens with zero attached hydrogens (tertiary/aromatic N) is 1. The van der Waals surface area contributed by atoms with Crippen LogP contribution in [0.5, 0.6) is 0 Å². The van der Waals surface area contributed by atoms with Gasteiger partial charge >= 0.3 is 0 Å². The molecule has 0 aromatic heterocycles. The molecule has 0 radical (unpaired) electrons. The second-order valence-corrected chi connectivity index (χ2v) is 4.76. The Kier molecular flexibility index (Phi) is 3.24. The molecule has 1 aromatic carbocycles. The van der Waals surface area contributed by atoms with Crippen molar-refractivity contribution in [1.29, 1.82) is 0 Å². The largest absolute Gasteiger partial charge is 0.383 e. The van der Waals surface area contributed by atoms with Crippen molar-refractivity contribution in [2.75, 3.05) is 23.3 Å². The number of fused-ring (bicyclic) bond motifs is 1. The number of anilines is 2. The molecule has 0 saturated heterocycles. The lowest BCUT2D eigenvalue weighted by molar-refractivity contribution is 0.627. The van der Waals surface area contributed by atoms with Crippen LogP contribution in [0.4, 0.5) is 15.8 Å². The van der Waals surface area contributed by atoms with Gasteiger partial charge in [0.15, 0.2) is 0 Å². The van der Waals surface area contributed by atoms with Gasteiger partial charge < -0.3 is 10.2 Å². The SMILES string of the molecule is CC(C)N1CCCNc2cc(F)c(Cl)cc21. The van der Waals surface area contributed by atoms with Crippen molar-refractivity contribution in [3.8, 4) is 0 Å². The van der Waals surface area contributed by atoms with Crippen molar-refractivity contribution in [3.63, 3.8) is 0 Å². The minimum atomic E-state index is -0.362. The van der Waals surface area contributed by atoms with Gasteiger partial charge in [-0.15, -0.1) is 0 Å². The number of hydrogen-bond donors (Lipinski definition) is 1. The topological polar surface area (TPSA) is 15.3 Å². The first-order valence-corrected chi connectivity index (χ1v) is 5.97. The van der Waals surface area contributed by atoms with Gasteiger partial charge in [0.05, 0.1) is 16.4 Å². The molecule has 1 N–H and O–H groups in total. The summed E-state index contributed by atoms with van der Waals surface area (Å²) in [6, 6.07) is 3.59. The van der Waals surface area contributed by atoms with E-state index in [1.54, 1.807) is 6.07 Å². The maximum Gasteiger partial charge on any atom is 0.143 e. The highest BCUT2D eigenvalue weighted by atomic mass is 35.5. The molecule has 4 heteroatoms. The molecule has 1 aromatic rings. The van der Waals surface area contributed by atoms with Crippen LogP contribution in [0.15, 0.2) is 12.1 Å². The molecule has 0 fully saturated rings. The summed E-state index contributed by atoms with van der Waals surface area (Å²) in [6.45, 7) is 6.11. The Hall–Kier alpha value is -0.960. The van der Waals surface area contributed by atoms with Gasteiger partial charge in [0, 0.05) is 25.2 Å². The molecule has 2 rings (SSSR count). The zero-order valence-electron chi connectivity index (χ0n) is 9.56. The highest BCUT2D eigenvalue weighted by Gasteiger charge is 2.19. The van der Waals surface area contributed by atoms with Crippen molar-refractivity contribution in [2.24, 2.45) is 0 Å². The summed E-state index contributed by atoms with van der Waals surface area (Å²) in [7, 11) is 0. The monoisotopic (exact) mass is 242 g/mol. The highest BCUT2D eigenvalue weighted by Crippen LogP contribution is 2.34. The first kappa shape index (κ1) is 11.5. The fraction of sp³-hybridized carbons (Fsp3) is 0.500. The van der Waals surface area contributed by atoms with E-state index in [1.807, 2.05) is 0 Å². The molecule has 88 valence electrons. The van der Waals surface area contributed by atoms with Gasteiger partial charge in [0.25, 0.3) is 0 Å². The van der Waals surface area contributed by atoms with Crippen molar-refractivity contribution in [1.82, 2.24) is 0 Å². The van der Waals surface area contributed by atoms with Crippen molar-refractivity contribution in [3.05, 3.63) is 23.0 Å². The van der Waals surface area contributed by atoms with Crippen molar-refractivity contribution >= 4 is 23.0 Å². The maximum atomic E-state index is 13.4. The van der Waals surface area contributed by atoms with E-state index < -0.39 is 0 Å². The third kappa shape index (κ3) is 2.09. The summed E-state index contributed by atoms with van der Waals surface area (Å²) in [4.78, 5) is 2.25. The van der Waals surface area contributed by atoms with Crippen molar-refractivity contribution < 1.29 is 4.39 Å². The molecule has 0 atom stereocenters. The summed E-state index contributed by atoms with van der Waals surface area (Å²) in [5.41, 5.74) is 1.84. The van der Waals surface area contributed by atoms with Crippen LogP contribution in [0.3, 0.4) is 0 Å². The van der Waals surface area contributed by atoms with E-state index in [2.05, 4.69) is 24.1 Å². The number of benzene rings is 1.